The van der Waals surface area contributed by atoms with E-state index in [9.17, 15) is 0 Å². The molecule has 0 aliphatic carbocycles. The highest BCUT2D eigenvalue weighted by Gasteiger charge is 2.13. The number of imidazole rings is 1. The van der Waals surface area contributed by atoms with Gasteiger partial charge in [0.05, 0.1) is 13.6 Å². The van der Waals surface area contributed by atoms with Crippen LogP contribution in [0.1, 0.15) is 148 Å². The fourth-order valence-electron chi connectivity index (χ4n) is 4.62. The molecule has 0 bridgehead atoms. The molecule has 0 aromatic carbocycles. The largest absolute Gasteiger partial charge is 0.256 e. The quantitative estimate of drug-likeness (QED) is 0.131. The van der Waals surface area contributed by atoms with Gasteiger partial charge in [-0.3, -0.25) is 0 Å². The molecule has 0 amide bonds. The van der Waals surface area contributed by atoms with Crippen molar-refractivity contribution in [3.8, 4) is 0 Å². The summed E-state index contributed by atoms with van der Waals surface area (Å²) in [7, 11) is 2.22. The summed E-state index contributed by atoms with van der Waals surface area (Å²) in [5, 5.41) is 0. The van der Waals surface area contributed by atoms with E-state index in [2.05, 4.69) is 42.4 Å². The summed E-state index contributed by atoms with van der Waals surface area (Å²) in [6.45, 7) is 5.81. The predicted molar refractivity (Wildman–Crippen MR) is 133 cm³/mol. The third kappa shape index (κ3) is 14.3. The van der Waals surface area contributed by atoms with Crippen LogP contribution in [0.3, 0.4) is 0 Å². The Morgan fingerprint density at radius 3 is 1.43 bits per heavy atom. The van der Waals surface area contributed by atoms with Gasteiger partial charge in [-0.25, -0.2) is 9.13 Å². The second-order valence-electron chi connectivity index (χ2n) is 9.63. The molecule has 176 valence electrons. The van der Waals surface area contributed by atoms with Crippen LogP contribution in [0.4, 0.5) is 0 Å². The molecule has 0 atom stereocenters. The van der Waals surface area contributed by atoms with Crippen LogP contribution in [0.25, 0.3) is 0 Å². The third-order valence-corrected chi connectivity index (χ3v) is 6.72. The molecule has 0 spiro atoms. The Labute approximate surface area is 189 Å². The van der Waals surface area contributed by atoms with Crippen molar-refractivity contribution in [1.82, 2.24) is 4.57 Å². The first-order valence-electron chi connectivity index (χ1n) is 13.8. The van der Waals surface area contributed by atoms with E-state index in [4.69, 9.17) is 0 Å². The van der Waals surface area contributed by atoms with E-state index >= 15 is 0 Å². The molecule has 0 unspecified atom stereocenters. The third-order valence-electron chi connectivity index (χ3n) is 6.72. The molecule has 1 aromatic rings. The lowest BCUT2D eigenvalue weighted by Gasteiger charge is -2.05. The topological polar surface area (TPSA) is 8.81 Å². The molecule has 2 nitrogen and oxygen atoms in total. The van der Waals surface area contributed by atoms with E-state index in [1.54, 1.807) is 0 Å². The molecular formula is C28H55N2+. The van der Waals surface area contributed by atoms with Gasteiger partial charge in [0.15, 0.2) is 0 Å². The lowest BCUT2D eigenvalue weighted by molar-refractivity contribution is -0.678. The van der Waals surface area contributed by atoms with Crippen LogP contribution in [-0.2, 0) is 20.0 Å². The molecule has 0 aliphatic heterocycles. The lowest BCUT2D eigenvalue weighted by Crippen LogP contribution is -2.32. The van der Waals surface area contributed by atoms with Crippen molar-refractivity contribution in [2.75, 3.05) is 0 Å². The Morgan fingerprint density at radius 2 is 0.967 bits per heavy atom. The first-order chi connectivity index (χ1) is 14.8. The Balaban J connectivity index is 2.02. The standard InChI is InChI=1S/C28H55N2/c1-4-6-8-10-12-14-15-16-18-20-22-24-28-29(3)26-27-30(28)25-23-21-19-17-13-11-9-7-5-2/h26-27H,4-25H2,1-3H3/q+1. The molecule has 1 aromatic heterocycles. The maximum absolute atomic E-state index is 2.53. The van der Waals surface area contributed by atoms with Crippen LogP contribution in [0.15, 0.2) is 12.4 Å². The fraction of sp³-hybridized carbons (Fsp3) is 0.893. The Bertz CT molecular complexity index is 477. The summed E-state index contributed by atoms with van der Waals surface area (Å²) in [5.74, 6) is 1.53. The number of aromatic nitrogens is 2. The zero-order valence-corrected chi connectivity index (χ0v) is 21.1. The summed E-state index contributed by atoms with van der Waals surface area (Å²) in [6, 6.07) is 0. The molecule has 1 heterocycles. The van der Waals surface area contributed by atoms with Crippen molar-refractivity contribution in [2.24, 2.45) is 7.05 Å². The summed E-state index contributed by atoms with van der Waals surface area (Å²) in [6.07, 6.45) is 34.2. The second-order valence-corrected chi connectivity index (χ2v) is 9.63. The summed E-state index contributed by atoms with van der Waals surface area (Å²) in [4.78, 5) is 0. The number of rotatable bonds is 22. The van der Waals surface area contributed by atoms with E-state index in [-0.39, 0.29) is 0 Å². The predicted octanol–water partition coefficient (Wildman–Crippen LogP) is 8.70. The maximum atomic E-state index is 2.53. The molecular weight excluding hydrogens is 364 g/mol. The zero-order chi connectivity index (χ0) is 21.7. The van der Waals surface area contributed by atoms with Gasteiger partial charge in [-0.05, 0) is 19.3 Å². The summed E-state index contributed by atoms with van der Waals surface area (Å²) < 4.78 is 4.88. The van der Waals surface area contributed by atoms with Crippen molar-refractivity contribution in [3.63, 3.8) is 0 Å². The summed E-state index contributed by atoms with van der Waals surface area (Å²) >= 11 is 0. The van der Waals surface area contributed by atoms with Gasteiger partial charge in [-0.1, -0.05) is 123 Å². The average molecular weight is 420 g/mol. The number of nitrogens with zero attached hydrogens (tertiary/aromatic N) is 2. The van der Waals surface area contributed by atoms with Gasteiger partial charge in [-0.15, -0.1) is 0 Å². The van der Waals surface area contributed by atoms with E-state index in [0.29, 0.717) is 0 Å². The fourth-order valence-corrected chi connectivity index (χ4v) is 4.62. The first kappa shape index (κ1) is 27.2. The number of unbranched alkanes of at least 4 members (excludes halogenated alkanes) is 18. The lowest BCUT2D eigenvalue weighted by atomic mass is 10.1. The Hall–Kier alpha value is -0.790. The molecule has 0 aliphatic rings. The monoisotopic (exact) mass is 419 g/mol. The van der Waals surface area contributed by atoms with Crippen LogP contribution in [0, 0.1) is 0 Å². The highest BCUT2D eigenvalue weighted by Crippen LogP contribution is 2.13. The van der Waals surface area contributed by atoms with Gasteiger partial charge in [-0.2, -0.15) is 0 Å². The number of hydrogen-bond donors (Lipinski definition) is 0. The molecule has 0 fully saturated rings. The van der Waals surface area contributed by atoms with Crippen LogP contribution in [0.5, 0.6) is 0 Å². The Morgan fingerprint density at radius 1 is 0.567 bits per heavy atom. The van der Waals surface area contributed by atoms with Crippen molar-refractivity contribution < 1.29 is 4.57 Å². The van der Waals surface area contributed by atoms with Crippen LogP contribution < -0.4 is 4.57 Å². The highest BCUT2D eigenvalue weighted by atomic mass is 15.1. The Kier molecular flexibility index (Phi) is 18.3. The van der Waals surface area contributed by atoms with Crippen molar-refractivity contribution in [1.29, 1.82) is 0 Å². The minimum Gasteiger partial charge on any atom is -0.237 e. The minimum absolute atomic E-state index is 1.21. The first-order valence-corrected chi connectivity index (χ1v) is 13.8. The van der Waals surface area contributed by atoms with E-state index in [0.717, 1.165) is 0 Å². The second kappa shape index (κ2) is 20.1. The van der Waals surface area contributed by atoms with E-state index in [1.807, 2.05) is 0 Å². The van der Waals surface area contributed by atoms with Crippen molar-refractivity contribution in [3.05, 3.63) is 18.2 Å². The van der Waals surface area contributed by atoms with Crippen molar-refractivity contribution in [2.45, 2.75) is 155 Å². The molecule has 0 saturated carbocycles. The number of aryl methyl sites for hydroxylation is 2. The van der Waals surface area contributed by atoms with Crippen LogP contribution in [0.2, 0.25) is 0 Å². The molecule has 0 radical (unpaired) electrons. The van der Waals surface area contributed by atoms with Gasteiger partial charge in [0.25, 0.3) is 5.82 Å². The van der Waals surface area contributed by atoms with Gasteiger partial charge < -0.3 is 0 Å². The minimum atomic E-state index is 1.21. The zero-order valence-electron chi connectivity index (χ0n) is 21.1. The van der Waals surface area contributed by atoms with Gasteiger partial charge in [0.1, 0.15) is 12.4 Å². The molecule has 1 rings (SSSR count). The SMILES string of the molecule is CCCCCCCCCCCCCc1n(CCCCCCCCCCC)cc[n+]1C. The average Bonchev–Trinajstić information content (AvgIpc) is 3.10. The normalized spacial score (nSPS) is 11.4. The van der Waals surface area contributed by atoms with Gasteiger partial charge in [0.2, 0.25) is 0 Å². The van der Waals surface area contributed by atoms with Gasteiger partial charge in [0, 0.05) is 6.42 Å². The smallest absolute Gasteiger partial charge is 0.237 e. The van der Waals surface area contributed by atoms with Crippen LogP contribution >= 0.6 is 0 Å². The molecule has 30 heavy (non-hydrogen) atoms. The number of hydrogen-bond acceptors (Lipinski definition) is 0. The highest BCUT2D eigenvalue weighted by molar-refractivity contribution is 4.84. The molecule has 0 saturated heterocycles. The molecule has 2 heteroatoms. The van der Waals surface area contributed by atoms with E-state index < -0.39 is 0 Å². The summed E-state index contributed by atoms with van der Waals surface area (Å²) in [5.41, 5.74) is 0. The van der Waals surface area contributed by atoms with Gasteiger partial charge >= 0.3 is 0 Å². The molecule has 0 N–H and O–H groups in total. The van der Waals surface area contributed by atoms with Crippen molar-refractivity contribution >= 4 is 0 Å². The maximum Gasteiger partial charge on any atom is 0.256 e. The van der Waals surface area contributed by atoms with E-state index in [1.165, 1.54) is 147 Å². The van der Waals surface area contributed by atoms with Crippen LogP contribution in [-0.4, -0.2) is 4.57 Å².